The molecule has 0 radical (unpaired) electrons. The Hall–Kier alpha value is -1.85. The zero-order valence-corrected chi connectivity index (χ0v) is 13.8. The summed E-state index contributed by atoms with van der Waals surface area (Å²) in [5.74, 6) is 2.02. The highest BCUT2D eigenvalue weighted by Gasteiger charge is 2.35. The van der Waals surface area contributed by atoms with Gasteiger partial charge in [-0.15, -0.1) is 12.4 Å². The first kappa shape index (κ1) is 16.0. The Labute approximate surface area is 142 Å². The zero-order chi connectivity index (χ0) is 14.9. The summed E-state index contributed by atoms with van der Waals surface area (Å²) in [4.78, 5) is 11.2. The second-order valence-electron chi connectivity index (χ2n) is 6.20. The first-order valence-electron chi connectivity index (χ1n) is 7.98. The van der Waals surface area contributed by atoms with Crippen LogP contribution in [-0.4, -0.2) is 35.6 Å². The molecule has 2 aliphatic rings. The molecule has 0 unspecified atom stereocenters. The predicted molar refractivity (Wildman–Crippen MR) is 95.9 cm³/mol. The minimum Gasteiger partial charge on any atom is -0.368 e. The third-order valence-corrected chi connectivity index (χ3v) is 4.72. The van der Waals surface area contributed by atoms with Gasteiger partial charge in [0.15, 0.2) is 0 Å². The lowest BCUT2D eigenvalue weighted by Crippen LogP contribution is -2.40. The van der Waals surface area contributed by atoms with E-state index in [1.807, 2.05) is 18.2 Å². The average molecular weight is 332 g/mol. The van der Waals surface area contributed by atoms with E-state index in [2.05, 4.69) is 38.4 Å². The van der Waals surface area contributed by atoms with Crippen molar-refractivity contribution in [1.29, 1.82) is 0 Å². The summed E-state index contributed by atoms with van der Waals surface area (Å²) >= 11 is 0. The molecule has 0 spiro atoms. The molecule has 2 aliphatic heterocycles. The number of aromatic nitrogens is 2. The molecule has 6 heteroatoms. The van der Waals surface area contributed by atoms with Crippen molar-refractivity contribution in [2.24, 2.45) is 5.92 Å². The maximum atomic E-state index is 5.95. The Morgan fingerprint density at radius 3 is 2.74 bits per heavy atom. The lowest BCUT2D eigenvalue weighted by molar-refractivity contribution is 0.340. The lowest BCUT2D eigenvalue weighted by Gasteiger charge is -2.24. The van der Waals surface area contributed by atoms with E-state index in [-0.39, 0.29) is 12.4 Å². The third-order valence-electron chi connectivity index (χ3n) is 4.72. The van der Waals surface area contributed by atoms with Crippen LogP contribution in [0.2, 0.25) is 0 Å². The number of anilines is 2. The highest BCUT2D eigenvalue weighted by Crippen LogP contribution is 2.30. The number of rotatable bonds is 2. The molecule has 0 amide bonds. The Morgan fingerprint density at radius 2 is 1.96 bits per heavy atom. The summed E-state index contributed by atoms with van der Waals surface area (Å²) in [6.45, 7) is 3.20. The van der Waals surface area contributed by atoms with Crippen molar-refractivity contribution in [1.82, 2.24) is 15.3 Å². The molecule has 1 aromatic heterocycles. The molecular weight excluding hydrogens is 310 g/mol. The van der Waals surface area contributed by atoms with Gasteiger partial charge >= 0.3 is 0 Å². The van der Waals surface area contributed by atoms with Crippen molar-refractivity contribution in [3.05, 3.63) is 36.4 Å². The SMILES string of the molecule is Cl.Nc1nc(-c2ccccc2)cc(N2C[C@H]3CCCN[C@H]3C2)n1. The number of hydrogen-bond donors (Lipinski definition) is 2. The quantitative estimate of drug-likeness (QED) is 0.884. The fourth-order valence-corrected chi connectivity index (χ4v) is 3.61. The standard InChI is InChI=1S/C17H21N5.ClH/c18-17-20-14(12-5-2-1-3-6-12)9-16(21-17)22-10-13-7-4-8-19-15(13)11-22;/h1-3,5-6,9,13,15,19H,4,7-8,10-11H2,(H2,18,20,21);1H/t13-,15+;/m1./s1. The van der Waals surface area contributed by atoms with Crippen molar-refractivity contribution < 1.29 is 0 Å². The maximum Gasteiger partial charge on any atom is 0.222 e. The number of nitrogens with zero attached hydrogens (tertiary/aromatic N) is 3. The Bertz CT molecular complexity index is 649. The lowest BCUT2D eigenvalue weighted by atomic mass is 9.94. The molecule has 0 aliphatic carbocycles. The van der Waals surface area contributed by atoms with Gasteiger partial charge in [-0.1, -0.05) is 30.3 Å². The molecule has 3 heterocycles. The highest BCUT2D eigenvalue weighted by atomic mass is 35.5. The number of nitrogens with two attached hydrogens (primary N) is 1. The summed E-state index contributed by atoms with van der Waals surface area (Å²) in [5.41, 5.74) is 7.92. The number of nitrogen functional groups attached to an aromatic ring is 1. The number of halogens is 1. The van der Waals surface area contributed by atoms with E-state index in [4.69, 9.17) is 5.73 Å². The second-order valence-corrected chi connectivity index (χ2v) is 6.20. The monoisotopic (exact) mass is 331 g/mol. The molecule has 5 nitrogen and oxygen atoms in total. The molecule has 4 rings (SSSR count). The summed E-state index contributed by atoms with van der Waals surface area (Å²) < 4.78 is 0. The minimum absolute atomic E-state index is 0. The van der Waals surface area contributed by atoms with Gasteiger partial charge in [-0.2, -0.15) is 4.98 Å². The van der Waals surface area contributed by atoms with Crippen LogP contribution in [-0.2, 0) is 0 Å². The van der Waals surface area contributed by atoms with Crippen LogP contribution in [0.1, 0.15) is 12.8 Å². The molecule has 1 aromatic carbocycles. The molecular formula is C17H22ClN5. The Balaban J connectivity index is 0.00000156. The maximum absolute atomic E-state index is 5.95. The van der Waals surface area contributed by atoms with Crippen molar-refractivity contribution >= 4 is 24.2 Å². The number of piperidine rings is 1. The highest BCUT2D eigenvalue weighted by molar-refractivity contribution is 5.85. The van der Waals surface area contributed by atoms with Crippen LogP contribution in [0, 0.1) is 5.92 Å². The number of hydrogen-bond acceptors (Lipinski definition) is 5. The fourth-order valence-electron chi connectivity index (χ4n) is 3.61. The molecule has 0 saturated carbocycles. The van der Waals surface area contributed by atoms with Crippen LogP contribution in [0.4, 0.5) is 11.8 Å². The topological polar surface area (TPSA) is 67.1 Å². The molecule has 2 atom stereocenters. The van der Waals surface area contributed by atoms with Gasteiger partial charge in [-0.25, -0.2) is 4.98 Å². The van der Waals surface area contributed by atoms with E-state index in [1.165, 1.54) is 12.8 Å². The van der Waals surface area contributed by atoms with Crippen LogP contribution in [0.3, 0.4) is 0 Å². The van der Waals surface area contributed by atoms with Crippen molar-refractivity contribution in [3.8, 4) is 11.3 Å². The van der Waals surface area contributed by atoms with Crippen LogP contribution in [0.15, 0.2) is 36.4 Å². The van der Waals surface area contributed by atoms with Crippen molar-refractivity contribution in [3.63, 3.8) is 0 Å². The van der Waals surface area contributed by atoms with Crippen LogP contribution < -0.4 is 16.0 Å². The zero-order valence-electron chi connectivity index (χ0n) is 13.0. The Morgan fingerprint density at radius 1 is 1.13 bits per heavy atom. The average Bonchev–Trinajstić information content (AvgIpc) is 2.99. The van der Waals surface area contributed by atoms with Crippen LogP contribution in [0.5, 0.6) is 0 Å². The smallest absolute Gasteiger partial charge is 0.222 e. The number of fused-ring (bicyclic) bond motifs is 1. The first-order chi connectivity index (χ1) is 10.8. The normalized spacial score (nSPS) is 23.2. The summed E-state index contributed by atoms with van der Waals surface area (Å²) in [7, 11) is 0. The molecule has 2 aromatic rings. The predicted octanol–water partition coefficient (Wildman–Crippen LogP) is 2.34. The van der Waals surface area contributed by atoms with Gasteiger partial charge in [0.2, 0.25) is 5.95 Å². The minimum atomic E-state index is 0. The molecule has 0 bridgehead atoms. The number of benzene rings is 1. The molecule has 2 fully saturated rings. The van der Waals surface area contributed by atoms with E-state index >= 15 is 0 Å². The van der Waals surface area contributed by atoms with Crippen LogP contribution in [0.25, 0.3) is 11.3 Å². The van der Waals surface area contributed by atoms with E-state index in [1.54, 1.807) is 0 Å². The number of nitrogens with one attached hydrogen (secondary N) is 1. The van der Waals surface area contributed by atoms with E-state index < -0.39 is 0 Å². The third kappa shape index (κ3) is 3.26. The van der Waals surface area contributed by atoms with Gasteiger partial charge in [0.25, 0.3) is 0 Å². The van der Waals surface area contributed by atoms with Crippen molar-refractivity contribution in [2.45, 2.75) is 18.9 Å². The Kier molecular flexibility index (Phi) is 4.68. The van der Waals surface area contributed by atoms with Gasteiger partial charge in [0, 0.05) is 30.8 Å². The van der Waals surface area contributed by atoms with E-state index in [0.717, 1.165) is 42.6 Å². The van der Waals surface area contributed by atoms with E-state index in [9.17, 15) is 0 Å². The summed E-state index contributed by atoms with van der Waals surface area (Å²) in [5, 5.41) is 3.63. The summed E-state index contributed by atoms with van der Waals surface area (Å²) in [6.07, 6.45) is 2.58. The largest absolute Gasteiger partial charge is 0.368 e. The molecule has 122 valence electrons. The van der Waals surface area contributed by atoms with Gasteiger partial charge < -0.3 is 16.0 Å². The fraction of sp³-hybridized carbons (Fsp3) is 0.412. The van der Waals surface area contributed by atoms with Gasteiger partial charge in [0.1, 0.15) is 5.82 Å². The van der Waals surface area contributed by atoms with E-state index in [0.29, 0.717) is 12.0 Å². The second kappa shape index (κ2) is 6.72. The molecule has 23 heavy (non-hydrogen) atoms. The van der Waals surface area contributed by atoms with Gasteiger partial charge in [-0.05, 0) is 25.3 Å². The summed E-state index contributed by atoms with van der Waals surface area (Å²) in [6, 6.07) is 12.8. The first-order valence-corrected chi connectivity index (χ1v) is 7.98. The van der Waals surface area contributed by atoms with Gasteiger partial charge in [-0.3, -0.25) is 0 Å². The molecule has 3 N–H and O–H groups in total. The van der Waals surface area contributed by atoms with Crippen molar-refractivity contribution in [2.75, 3.05) is 30.3 Å². The van der Waals surface area contributed by atoms with Gasteiger partial charge in [0.05, 0.1) is 5.69 Å². The van der Waals surface area contributed by atoms with Crippen LogP contribution >= 0.6 is 12.4 Å². The molecule has 2 saturated heterocycles.